The van der Waals surface area contributed by atoms with Gasteiger partial charge in [-0.15, -0.1) is 0 Å². The number of rotatable bonds is 11. The van der Waals surface area contributed by atoms with E-state index in [0.29, 0.717) is 25.5 Å². The third-order valence-corrected chi connectivity index (χ3v) is 3.46. The number of ether oxygens (including phenoxy) is 2. The van der Waals surface area contributed by atoms with Crippen molar-refractivity contribution in [1.29, 1.82) is 0 Å². The molecule has 4 heteroatoms. The Morgan fingerprint density at radius 1 is 0.955 bits per heavy atom. The molecule has 4 nitrogen and oxygen atoms in total. The Hall–Kier alpha value is -1.26. The Balaban J connectivity index is 2.82. The highest BCUT2D eigenvalue weighted by Gasteiger charge is 2.15. The van der Waals surface area contributed by atoms with Crippen LogP contribution in [0.15, 0.2) is 18.2 Å². The van der Waals surface area contributed by atoms with Crippen molar-refractivity contribution in [2.24, 2.45) is 0 Å². The van der Waals surface area contributed by atoms with E-state index >= 15 is 0 Å². The van der Waals surface area contributed by atoms with E-state index in [9.17, 15) is 5.11 Å². The van der Waals surface area contributed by atoms with Crippen molar-refractivity contribution in [2.75, 3.05) is 32.8 Å². The fraction of sp³-hybridized carbons (Fsp3) is 0.667. The van der Waals surface area contributed by atoms with Gasteiger partial charge in [0.2, 0.25) is 0 Å². The average Bonchev–Trinajstić information content (AvgIpc) is 2.50. The number of nitrogens with zero attached hydrogens (tertiary/aromatic N) is 1. The first kappa shape index (κ1) is 18.8. The van der Waals surface area contributed by atoms with Gasteiger partial charge in [0.15, 0.2) is 11.5 Å². The van der Waals surface area contributed by atoms with Gasteiger partial charge in [0, 0.05) is 6.54 Å². The summed E-state index contributed by atoms with van der Waals surface area (Å²) < 4.78 is 11.2. The van der Waals surface area contributed by atoms with Crippen LogP contribution < -0.4 is 9.47 Å². The van der Waals surface area contributed by atoms with E-state index in [2.05, 4.69) is 18.7 Å². The van der Waals surface area contributed by atoms with E-state index in [1.54, 1.807) is 0 Å². The predicted molar refractivity (Wildman–Crippen MR) is 90.8 cm³/mol. The molecular formula is C18H31NO3. The van der Waals surface area contributed by atoms with Crippen molar-refractivity contribution >= 4 is 0 Å². The maximum Gasteiger partial charge on any atom is 0.161 e. The Bertz CT molecular complexity index is 417. The largest absolute Gasteiger partial charge is 0.490 e. The second-order valence-electron chi connectivity index (χ2n) is 5.39. The summed E-state index contributed by atoms with van der Waals surface area (Å²) in [6, 6.07) is 5.71. The highest BCUT2D eigenvalue weighted by molar-refractivity contribution is 5.43. The van der Waals surface area contributed by atoms with Crippen LogP contribution in [0, 0.1) is 0 Å². The van der Waals surface area contributed by atoms with Gasteiger partial charge in [0.05, 0.1) is 19.3 Å². The van der Waals surface area contributed by atoms with Crippen LogP contribution in [0.5, 0.6) is 11.5 Å². The molecule has 1 rings (SSSR count). The normalized spacial score (nSPS) is 12.5. The molecule has 0 spiro atoms. The molecule has 126 valence electrons. The molecule has 1 atom stereocenters. The first-order valence-corrected chi connectivity index (χ1v) is 8.46. The fourth-order valence-electron chi connectivity index (χ4n) is 2.55. The summed E-state index contributed by atoms with van der Waals surface area (Å²) >= 11 is 0. The minimum Gasteiger partial charge on any atom is -0.490 e. The lowest BCUT2D eigenvalue weighted by molar-refractivity contribution is 0.112. The third kappa shape index (κ3) is 5.85. The number of benzene rings is 1. The minimum absolute atomic E-state index is 0.506. The van der Waals surface area contributed by atoms with E-state index in [4.69, 9.17) is 9.47 Å². The van der Waals surface area contributed by atoms with Crippen molar-refractivity contribution < 1.29 is 14.6 Å². The lowest BCUT2D eigenvalue weighted by Crippen LogP contribution is -2.30. The van der Waals surface area contributed by atoms with Gasteiger partial charge < -0.3 is 19.5 Å². The molecule has 0 saturated carbocycles. The molecule has 0 saturated heterocycles. The molecule has 0 aromatic heterocycles. The first-order valence-electron chi connectivity index (χ1n) is 8.46. The number of hydrogen-bond acceptors (Lipinski definition) is 4. The van der Waals surface area contributed by atoms with Gasteiger partial charge in [-0.3, -0.25) is 0 Å². The van der Waals surface area contributed by atoms with Gasteiger partial charge in [0.25, 0.3) is 0 Å². The van der Waals surface area contributed by atoms with Gasteiger partial charge in [0.1, 0.15) is 0 Å². The number of aliphatic hydroxyl groups excluding tert-OH is 1. The Labute approximate surface area is 135 Å². The van der Waals surface area contributed by atoms with Crippen molar-refractivity contribution in [3.8, 4) is 11.5 Å². The van der Waals surface area contributed by atoms with E-state index in [1.807, 2.05) is 32.0 Å². The first-order chi connectivity index (χ1) is 10.7. The minimum atomic E-state index is -0.506. The van der Waals surface area contributed by atoms with Gasteiger partial charge in [-0.1, -0.05) is 19.9 Å². The molecule has 0 aliphatic rings. The van der Waals surface area contributed by atoms with Crippen LogP contribution in [-0.4, -0.2) is 42.9 Å². The second kappa shape index (κ2) is 10.5. The van der Waals surface area contributed by atoms with E-state index in [0.717, 1.165) is 37.2 Å². The zero-order valence-electron chi connectivity index (χ0n) is 14.5. The molecule has 22 heavy (non-hydrogen) atoms. The zero-order chi connectivity index (χ0) is 16.4. The summed E-state index contributed by atoms with van der Waals surface area (Å²) in [5.74, 6) is 1.44. The molecule has 1 unspecified atom stereocenters. The molecule has 1 N–H and O–H groups in total. The van der Waals surface area contributed by atoms with Crippen molar-refractivity contribution in [3.05, 3.63) is 23.8 Å². The maximum atomic E-state index is 10.5. The Morgan fingerprint density at radius 2 is 1.55 bits per heavy atom. The third-order valence-electron chi connectivity index (χ3n) is 3.46. The molecule has 1 aromatic rings. The molecular weight excluding hydrogens is 278 g/mol. The fourth-order valence-corrected chi connectivity index (χ4v) is 2.55. The lowest BCUT2D eigenvalue weighted by atomic mass is 10.1. The standard InChI is InChI=1S/C18H31NO3/c1-5-11-19(12-6-2)14-16(20)15-9-10-17(21-7-3)18(13-15)22-8-4/h9-10,13,16,20H,5-8,11-12,14H2,1-4H3. The lowest BCUT2D eigenvalue weighted by Gasteiger charge is -2.24. The summed E-state index contributed by atoms with van der Waals surface area (Å²) in [6.07, 6.45) is 1.69. The highest BCUT2D eigenvalue weighted by atomic mass is 16.5. The number of aliphatic hydroxyl groups is 1. The van der Waals surface area contributed by atoms with Crippen molar-refractivity contribution in [2.45, 2.75) is 46.6 Å². The summed E-state index contributed by atoms with van der Waals surface area (Å²) in [5, 5.41) is 10.5. The zero-order valence-corrected chi connectivity index (χ0v) is 14.5. The van der Waals surface area contributed by atoms with Gasteiger partial charge in [-0.05, 0) is 57.5 Å². The van der Waals surface area contributed by atoms with Crippen molar-refractivity contribution in [3.63, 3.8) is 0 Å². The van der Waals surface area contributed by atoms with Crippen LogP contribution in [-0.2, 0) is 0 Å². The summed E-state index contributed by atoms with van der Waals surface area (Å²) in [5.41, 5.74) is 0.879. The summed E-state index contributed by atoms with van der Waals surface area (Å²) in [6.45, 7) is 12.1. The van der Waals surface area contributed by atoms with Crippen LogP contribution >= 0.6 is 0 Å². The quantitative estimate of drug-likeness (QED) is 0.677. The van der Waals surface area contributed by atoms with Crippen LogP contribution in [0.3, 0.4) is 0 Å². The second-order valence-corrected chi connectivity index (χ2v) is 5.39. The van der Waals surface area contributed by atoms with Crippen LogP contribution in [0.2, 0.25) is 0 Å². The van der Waals surface area contributed by atoms with Gasteiger partial charge in [-0.2, -0.15) is 0 Å². The molecule has 0 aliphatic heterocycles. The smallest absolute Gasteiger partial charge is 0.161 e. The molecule has 0 radical (unpaired) electrons. The maximum absolute atomic E-state index is 10.5. The highest BCUT2D eigenvalue weighted by Crippen LogP contribution is 2.31. The Morgan fingerprint density at radius 3 is 2.09 bits per heavy atom. The van der Waals surface area contributed by atoms with Crippen molar-refractivity contribution in [1.82, 2.24) is 4.90 Å². The van der Waals surface area contributed by atoms with E-state index in [-0.39, 0.29) is 0 Å². The topological polar surface area (TPSA) is 41.9 Å². The monoisotopic (exact) mass is 309 g/mol. The van der Waals surface area contributed by atoms with Crippen LogP contribution in [0.4, 0.5) is 0 Å². The molecule has 0 amide bonds. The molecule has 0 bridgehead atoms. The molecule has 0 fully saturated rings. The van der Waals surface area contributed by atoms with Gasteiger partial charge in [-0.25, -0.2) is 0 Å². The summed E-state index contributed by atoms with van der Waals surface area (Å²) in [7, 11) is 0. The molecule has 0 heterocycles. The molecule has 1 aromatic carbocycles. The Kier molecular flexibility index (Phi) is 8.94. The predicted octanol–water partition coefficient (Wildman–Crippen LogP) is 3.64. The SMILES string of the molecule is CCCN(CCC)CC(O)c1ccc(OCC)c(OCC)c1. The van der Waals surface area contributed by atoms with Crippen LogP contribution in [0.25, 0.3) is 0 Å². The van der Waals surface area contributed by atoms with Gasteiger partial charge >= 0.3 is 0 Å². The van der Waals surface area contributed by atoms with E-state index in [1.165, 1.54) is 0 Å². The summed E-state index contributed by atoms with van der Waals surface area (Å²) in [4.78, 5) is 2.31. The average molecular weight is 309 g/mol. The number of hydrogen-bond donors (Lipinski definition) is 1. The van der Waals surface area contributed by atoms with E-state index < -0.39 is 6.10 Å². The van der Waals surface area contributed by atoms with Crippen LogP contribution in [0.1, 0.15) is 52.2 Å². The molecule has 0 aliphatic carbocycles.